The molecule has 0 radical (unpaired) electrons. The van der Waals surface area contributed by atoms with Crippen LogP contribution in [0.4, 0.5) is 0 Å². The minimum Gasteiger partial charge on any atom is -0.488 e. The summed E-state index contributed by atoms with van der Waals surface area (Å²) in [7, 11) is 0. The van der Waals surface area contributed by atoms with Crippen molar-refractivity contribution in [2.45, 2.75) is 38.7 Å². The number of carbonyl (C=O) groups excluding carboxylic acids is 2. The van der Waals surface area contributed by atoms with Gasteiger partial charge in [0.2, 0.25) is 0 Å². The summed E-state index contributed by atoms with van der Waals surface area (Å²) in [6, 6.07) is 9.59. The Morgan fingerprint density at radius 2 is 2.00 bits per heavy atom. The lowest BCUT2D eigenvalue weighted by Gasteiger charge is -2.21. The normalized spacial score (nSPS) is 16.0. The molecule has 1 saturated carbocycles. The first-order valence-electron chi connectivity index (χ1n) is 9.49. The van der Waals surface area contributed by atoms with Crippen molar-refractivity contribution in [3.05, 3.63) is 40.8 Å². The molecule has 1 aliphatic heterocycles. The average Bonchev–Trinajstić information content (AvgIpc) is 3.16. The Balaban J connectivity index is 1.32. The zero-order valence-electron chi connectivity index (χ0n) is 15.2. The van der Waals surface area contributed by atoms with Crippen LogP contribution >= 0.6 is 11.3 Å². The van der Waals surface area contributed by atoms with Crippen LogP contribution in [0.2, 0.25) is 0 Å². The van der Waals surface area contributed by atoms with Gasteiger partial charge < -0.3 is 14.8 Å². The number of amides is 1. The Labute approximate surface area is 162 Å². The second-order valence-corrected chi connectivity index (χ2v) is 8.19. The Morgan fingerprint density at radius 1 is 1.19 bits per heavy atom. The summed E-state index contributed by atoms with van der Waals surface area (Å²) in [4.78, 5) is 25.9. The molecular formula is C21H23NO4S. The SMILES string of the molecule is O=C(COC(=O)c1cc2c(s1)-c1ccccc1OC2)NCC1CCCCC1. The number of thiophene rings is 1. The van der Waals surface area contributed by atoms with Gasteiger partial charge in [-0.1, -0.05) is 31.4 Å². The molecule has 5 nitrogen and oxygen atoms in total. The van der Waals surface area contributed by atoms with Crippen LogP contribution < -0.4 is 10.1 Å². The molecule has 0 spiro atoms. The predicted molar refractivity (Wildman–Crippen MR) is 104 cm³/mol. The smallest absolute Gasteiger partial charge is 0.348 e. The van der Waals surface area contributed by atoms with E-state index in [1.165, 1.54) is 43.4 Å². The van der Waals surface area contributed by atoms with E-state index in [9.17, 15) is 9.59 Å². The van der Waals surface area contributed by atoms with Gasteiger partial charge in [-0.25, -0.2) is 4.79 Å². The van der Waals surface area contributed by atoms with Crippen molar-refractivity contribution in [3.63, 3.8) is 0 Å². The summed E-state index contributed by atoms with van der Waals surface area (Å²) < 4.78 is 10.9. The molecule has 1 amide bonds. The first kappa shape index (κ1) is 18.0. The van der Waals surface area contributed by atoms with Crippen molar-refractivity contribution in [1.82, 2.24) is 5.32 Å². The molecule has 1 fully saturated rings. The van der Waals surface area contributed by atoms with Gasteiger partial charge in [-0.05, 0) is 37.0 Å². The van der Waals surface area contributed by atoms with Crippen molar-refractivity contribution in [3.8, 4) is 16.2 Å². The fourth-order valence-corrected chi connectivity index (χ4v) is 4.79. The van der Waals surface area contributed by atoms with E-state index in [1.807, 2.05) is 24.3 Å². The van der Waals surface area contributed by atoms with Crippen LogP contribution in [0.15, 0.2) is 30.3 Å². The number of benzene rings is 1. The van der Waals surface area contributed by atoms with E-state index in [0.717, 1.165) is 21.8 Å². The van der Waals surface area contributed by atoms with Crippen molar-refractivity contribution in [1.29, 1.82) is 0 Å². The van der Waals surface area contributed by atoms with E-state index in [1.54, 1.807) is 6.07 Å². The van der Waals surface area contributed by atoms with Crippen molar-refractivity contribution < 1.29 is 19.1 Å². The molecule has 1 aromatic heterocycles. The summed E-state index contributed by atoms with van der Waals surface area (Å²) >= 11 is 1.39. The maximum Gasteiger partial charge on any atom is 0.348 e. The third-order valence-electron chi connectivity index (χ3n) is 5.17. The van der Waals surface area contributed by atoms with E-state index < -0.39 is 5.97 Å². The van der Waals surface area contributed by atoms with Crippen molar-refractivity contribution in [2.75, 3.05) is 13.2 Å². The Kier molecular flexibility index (Phi) is 5.43. The number of hydrogen-bond donors (Lipinski definition) is 1. The summed E-state index contributed by atoms with van der Waals surface area (Å²) in [5, 5.41) is 2.89. The van der Waals surface area contributed by atoms with Gasteiger partial charge in [0.05, 0.1) is 0 Å². The fourth-order valence-electron chi connectivity index (χ4n) is 3.70. The van der Waals surface area contributed by atoms with Crippen LogP contribution in [-0.2, 0) is 16.1 Å². The van der Waals surface area contributed by atoms with Crippen molar-refractivity contribution in [2.24, 2.45) is 5.92 Å². The van der Waals surface area contributed by atoms with Crippen LogP contribution in [0.3, 0.4) is 0 Å². The quantitative estimate of drug-likeness (QED) is 0.785. The van der Waals surface area contributed by atoms with Gasteiger partial charge in [-0.15, -0.1) is 11.3 Å². The number of carbonyl (C=O) groups is 2. The number of ether oxygens (including phenoxy) is 2. The third-order valence-corrected chi connectivity index (χ3v) is 6.36. The highest BCUT2D eigenvalue weighted by molar-refractivity contribution is 7.17. The van der Waals surface area contributed by atoms with Crippen LogP contribution in [-0.4, -0.2) is 25.0 Å². The number of esters is 1. The largest absolute Gasteiger partial charge is 0.488 e. The molecule has 27 heavy (non-hydrogen) atoms. The van der Waals surface area contributed by atoms with Crippen LogP contribution in [0, 0.1) is 5.92 Å². The standard InChI is InChI=1S/C21H23NO4S/c23-19(22-11-14-6-2-1-3-7-14)13-26-21(24)18-10-15-12-25-17-9-5-4-8-16(17)20(15)27-18/h4-5,8-10,14H,1-3,6-7,11-13H2,(H,22,23). The summed E-state index contributed by atoms with van der Waals surface area (Å²) in [6.45, 7) is 0.886. The molecule has 2 heterocycles. The monoisotopic (exact) mass is 385 g/mol. The number of nitrogens with one attached hydrogen (secondary N) is 1. The maximum atomic E-state index is 12.4. The number of hydrogen-bond acceptors (Lipinski definition) is 5. The maximum absolute atomic E-state index is 12.4. The number of fused-ring (bicyclic) bond motifs is 3. The molecule has 6 heteroatoms. The molecule has 4 rings (SSSR count). The molecule has 1 aliphatic carbocycles. The fraction of sp³-hybridized carbons (Fsp3) is 0.429. The second kappa shape index (κ2) is 8.13. The highest BCUT2D eigenvalue weighted by atomic mass is 32.1. The predicted octanol–water partition coefficient (Wildman–Crippen LogP) is 4.16. The van der Waals surface area contributed by atoms with Gasteiger partial charge in [0.25, 0.3) is 5.91 Å². The van der Waals surface area contributed by atoms with E-state index >= 15 is 0 Å². The van der Waals surface area contributed by atoms with Gasteiger partial charge in [0.15, 0.2) is 6.61 Å². The minimum atomic E-state index is -0.459. The summed E-state index contributed by atoms with van der Waals surface area (Å²) in [6.07, 6.45) is 6.12. The topological polar surface area (TPSA) is 64.6 Å². The third kappa shape index (κ3) is 4.16. The molecule has 0 atom stereocenters. The Morgan fingerprint density at radius 3 is 2.85 bits per heavy atom. The van der Waals surface area contributed by atoms with Gasteiger partial charge in [-0.3, -0.25) is 4.79 Å². The molecule has 1 aromatic carbocycles. The van der Waals surface area contributed by atoms with E-state index in [4.69, 9.17) is 9.47 Å². The molecule has 1 N–H and O–H groups in total. The first-order valence-corrected chi connectivity index (χ1v) is 10.3. The lowest BCUT2D eigenvalue weighted by atomic mass is 9.89. The number of para-hydroxylation sites is 1. The van der Waals surface area contributed by atoms with Gasteiger partial charge in [0, 0.05) is 22.5 Å². The van der Waals surface area contributed by atoms with Crippen molar-refractivity contribution >= 4 is 23.2 Å². The Bertz CT molecular complexity index is 838. The van der Waals surface area contributed by atoms with Crippen LogP contribution in [0.25, 0.3) is 10.4 Å². The van der Waals surface area contributed by atoms with Gasteiger partial charge in [-0.2, -0.15) is 0 Å². The minimum absolute atomic E-state index is 0.232. The lowest BCUT2D eigenvalue weighted by Crippen LogP contribution is -2.33. The van der Waals surface area contributed by atoms with Gasteiger partial charge >= 0.3 is 5.97 Å². The van der Waals surface area contributed by atoms with E-state index in [0.29, 0.717) is 23.9 Å². The highest BCUT2D eigenvalue weighted by Crippen LogP contribution is 2.42. The molecular weight excluding hydrogens is 362 g/mol. The lowest BCUT2D eigenvalue weighted by molar-refractivity contribution is -0.124. The van der Waals surface area contributed by atoms with E-state index in [-0.39, 0.29) is 12.5 Å². The Hall–Kier alpha value is -2.34. The molecule has 142 valence electrons. The highest BCUT2D eigenvalue weighted by Gasteiger charge is 2.23. The zero-order chi connectivity index (χ0) is 18.6. The molecule has 2 aromatic rings. The van der Waals surface area contributed by atoms with Crippen LogP contribution in [0.5, 0.6) is 5.75 Å². The number of rotatable bonds is 5. The second-order valence-electron chi connectivity index (χ2n) is 7.13. The molecule has 0 bridgehead atoms. The van der Waals surface area contributed by atoms with E-state index in [2.05, 4.69) is 5.32 Å². The van der Waals surface area contributed by atoms with Crippen LogP contribution in [0.1, 0.15) is 47.3 Å². The molecule has 0 saturated heterocycles. The van der Waals surface area contributed by atoms with Gasteiger partial charge in [0.1, 0.15) is 17.2 Å². The molecule has 0 unspecified atom stereocenters. The summed E-state index contributed by atoms with van der Waals surface area (Å²) in [5.41, 5.74) is 1.97. The summed E-state index contributed by atoms with van der Waals surface area (Å²) in [5.74, 6) is 0.694. The first-order chi connectivity index (χ1) is 13.2. The molecule has 2 aliphatic rings. The zero-order valence-corrected chi connectivity index (χ0v) is 16.0. The average molecular weight is 385 g/mol.